The quantitative estimate of drug-likeness (QED) is 0.681. The van der Waals surface area contributed by atoms with Crippen LogP contribution < -0.4 is 4.90 Å². The van der Waals surface area contributed by atoms with Gasteiger partial charge in [-0.3, -0.25) is 0 Å². The standard InChI is InChI=1S/C11H17NO3.ClH/c13-7-5-12(6-8-14)11-4-2-1-3-10(11)9-15;/h1-4,13-15H,5-9H2;1H. The fourth-order valence-electron chi connectivity index (χ4n) is 1.55. The topological polar surface area (TPSA) is 63.9 Å². The molecule has 0 aromatic heterocycles. The molecule has 0 aliphatic carbocycles. The summed E-state index contributed by atoms with van der Waals surface area (Å²) in [5.41, 5.74) is 1.67. The van der Waals surface area contributed by atoms with Crippen molar-refractivity contribution in [2.24, 2.45) is 0 Å². The zero-order valence-electron chi connectivity index (χ0n) is 9.04. The van der Waals surface area contributed by atoms with Gasteiger partial charge in [-0.15, -0.1) is 12.4 Å². The molecule has 0 radical (unpaired) electrons. The molecule has 1 aromatic carbocycles. The molecule has 3 N–H and O–H groups in total. The Morgan fingerprint density at radius 3 is 2.00 bits per heavy atom. The van der Waals surface area contributed by atoms with Crippen LogP contribution in [0.4, 0.5) is 5.69 Å². The Balaban J connectivity index is 0.00000225. The van der Waals surface area contributed by atoms with Crippen LogP contribution in [-0.4, -0.2) is 41.6 Å². The summed E-state index contributed by atoms with van der Waals surface area (Å²) in [6.07, 6.45) is 0. The molecule has 16 heavy (non-hydrogen) atoms. The molecule has 0 saturated heterocycles. The van der Waals surface area contributed by atoms with E-state index in [1.807, 2.05) is 29.2 Å². The predicted octanol–water partition coefficient (Wildman–Crippen LogP) is 0.392. The highest BCUT2D eigenvalue weighted by molar-refractivity contribution is 5.85. The van der Waals surface area contributed by atoms with Crippen LogP contribution in [0.1, 0.15) is 5.56 Å². The van der Waals surface area contributed by atoms with Crippen LogP contribution in [0.15, 0.2) is 24.3 Å². The first-order chi connectivity index (χ1) is 7.33. The van der Waals surface area contributed by atoms with Crippen molar-refractivity contribution in [1.29, 1.82) is 0 Å². The summed E-state index contributed by atoms with van der Waals surface area (Å²) in [5, 5.41) is 27.0. The summed E-state index contributed by atoms with van der Waals surface area (Å²) >= 11 is 0. The minimum Gasteiger partial charge on any atom is -0.395 e. The maximum Gasteiger partial charge on any atom is 0.0702 e. The number of para-hydroxylation sites is 1. The highest BCUT2D eigenvalue weighted by atomic mass is 35.5. The average molecular weight is 248 g/mol. The van der Waals surface area contributed by atoms with E-state index in [1.54, 1.807) is 0 Å². The molecule has 4 nitrogen and oxygen atoms in total. The van der Waals surface area contributed by atoms with E-state index in [1.165, 1.54) is 0 Å². The molecule has 0 spiro atoms. The van der Waals surface area contributed by atoms with E-state index in [4.69, 9.17) is 15.3 Å². The SMILES string of the molecule is Cl.OCCN(CCO)c1ccccc1CO. The van der Waals surface area contributed by atoms with E-state index in [9.17, 15) is 0 Å². The average Bonchev–Trinajstić information content (AvgIpc) is 2.29. The Kier molecular flexibility index (Phi) is 7.93. The van der Waals surface area contributed by atoms with Crippen molar-refractivity contribution >= 4 is 18.1 Å². The van der Waals surface area contributed by atoms with E-state index in [2.05, 4.69) is 0 Å². The third-order valence-corrected chi connectivity index (χ3v) is 2.24. The number of aliphatic hydroxyl groups excluding tert-OH is 3. The lowest BCUT2D eigenvalue weighted by atomic mass is 10.1. The second-order valence-electron chi connectivity index (χ2n) is 3.22. The summed E-state index contributed by atoms with van der Waals surface area (Å²) in [4.78, 5) is 1.85. The van der Waals surface area contributed by atoms with Crippen molar-refractivity contribution < 1.29 is 15.3 Å². The van der Waals surface area contributed by atoms with Crippen molar-refractivity contribution in [2.45, 2.75) is 6.61 Å². The van der Waals surface area contributed by atoms with E-state index >= 15 is 0 Å². The molecular formula is C11H18ClNO3. The van der Waals surface area contributed by atoms with Gasteiger partial charge in [-0.2, -0.15) is 0 Å². The molecule has 1 rings (SSSR count). The van der Waals surface area contributed by atoms with Crippen molar-refractivity contribution in [3.63, 3.8) is 0 Å². The smallest absolute Gasteiger partial charge is 0.0702 e. The maximum absolute atomic E-state index is 9.15. The largest absolute Gasteiger partial charge is 0.395 e. The molecule has 0 unspecified atom stereocenters. The summed E-state index contributed by atoms with van der Waals surface area (Å²) < 4.78 is 0. The maximum atomic E-state index is 9.15. The molecule has 0 amide bonds. The van der Waals surface area contributed by atoms with Crippen LogP contribution in [0, 0.1) is 0 Å². The molecule has 0 aliphatic rings. The molecule has 0 heterocycles. The number of rotatable bonds is 6. The van der Waals surface area contributed by atoms with Gasteiger partial charge in [0.15, 0.2) is 0 Å². The number of hydrogen-bond donors (Lipinski definition) is 3. The van der Waals surface area contributed by atoms with Gasteiger partial charge in [-0.1, -0.05) is 18.2 Å². The Bertz CT molecular complexity index is 290. The summed E-state index contributed by atoms with van der Waals surface area (Å²) in [7, 11) is 0. The highest BCUT2D eigenvalue weighted by Crippen LogP contribution is 2.19. The molecule has 1 aromatic rings. The minimum absolute atomic E-state index is 0. The first-order valence-corrected chi connectivity index (χ1v) is 4.99. The van der Waals surface area contributed by atoms with Gasteiger partial charge in [0, 0.05) is 24.3 Å². The molecule has 0 aliphatic heterocycles. The molecule has 0 bridgehead atoms. The minimum atomic E-state index is -0.0382. The lowest BCUT2D eigenvalue weighted by Gasteiger charge is -2.25. The molecular weight excluding hydrogens is 230 g/mol. The molecule has 92 valence electrons. The van der Waals surface area contributed by atoms with Crippen LogP contribution in [0.5, 0.6) is 0 Å². The number of anilines is 1. The number of benzene rings is 1. The van der Waals surface area contributed by atoms with Crippen molar-refractivity contribution in [1.82, 2.24) is 0 Å². The van der Waals surface area contributed by atoms with E-state index in [0.717, 1.165) is 11.3 Å². The third-order valence-electron chi connectivity index (χ3n) is 2.24. The van der Waals surface area contributed by atoms with Gasteiger partial charge in [0.05, 0.1) is 19.8 Å². The lowest BCUT2D eigenvalue weighted by molar-refractivity contribution is 0.274. The van der Waals surface area contributed by atoms with Crippen molar-refractivity contribution in [3.8, 4) is 0 Å². The number of halogens is 1. The molecule has 0 fully saturated rings. The van der Waals surface area contributed by atoms with Gasteiger partial charge in [0.25, 0.3) is 0 Å². The first kappa shape index (κ1) is 15.2. The zero-order chi connectivity index (χ0) is 11.1. The second kappa shape index (κ2) is 8.35. The lowest BCUT2D eigenvalue weighted by Crippen LogP contribution is -2.30. The van der Waals surface area contributed by atoms with Crippen LogP contribution >= 0.6 is 12.4 Å². The Labute approximate surface area is 102 Å². The first-order valence-electron chi connectivity index (χ1n) is 4.99. The number of aliphatic hydroxyl groups is 3. The fourth-order valence-corrected chi connectivity index (χ4v) is 1.55. The van der Waals surface area contributed by atoms with E-state index in [-0.39, 0.29) is 32.2 Å². The fraction of sp³-hybridized carbons (Fsp3) is 0.455. The van der Waals surface area contributed by atoms with Gasteiger partial charge < -0.3 is 20.2 Å². The van der Waals surface area contributed by atoms with Gasteiger partial charge in [-0.25, -0.2) is 0 Å². The van der Waals surface area contributed by atoms with Crippen molar-refractivity contribution in [3.05, 3.63) is 29.8 Å². The summed E-state index contributed by atoms with van der Waals surface area (Å²) in [6.45, 7) is 0.929. The number of hydrogen-bond acceptors (Lipinski definition) is 4. The van der Waals surface area contributed by atoms with E-state index < -0.39 is 0 Å². The Morgan fingerprint density at radius 2 is 1.50 bits per heavy atom. The third kappa shape index (κ3) is 3.98. The second-order valence-corrected chi connectivity index (χ2v) is 3.22. The zero-order valence-corrected chi connectivity index (χ0v) is 9.86. The highest BCUT2D eigenvalue weighted by Gasteiger charge is 2.08. The van der Waals surface area contributed by atoms with Crippen LogP contribution in [0.3, 0.4) is 0 Å². The molecule has 5 heteroatoms. The van der Waals surface area contributed by atoms with Gasteiger partial charge >= 0.3 is 0 Å². The summed E-state index contributed by atoms with van der Waals surface area (Å²) in [5.74, 6) is 0. The molecule has 0 atom stereocenters. The van der Waals surface area contributed by atoms with Gasteiger partial charge in [0.1, 0.15) is 0 Å². The van der Waals surface area contributed by atoms with Crippen molar-refractivity contribution in [2.75, 3.05) is 31.2 Å². The molecule has 0 saturated carbocycles. The number of nitrogens with zero attached hydrogens (tertiary/aromatic N) is 1. The Hall–Kier alpha value is -0.810. The van der Waals surface area contributed by atoms with Crippen LogP contribution in [-0.2, 0) is 6.61 Å². The summed E-state index contributed by atoms with van der Waals surface area (Å²) in [6, 6.07) is 7.43. The predicted molar refractivity (Wildman–Crippen MR) is 66.0 cm³/mol. The van der Waals surface area contributed by atoms with Gasteiger partial charge in [0.2, 0.25) is 0 Å². The van der Waals surface area contributed by atoms with E-state index in [0.29, 0.717) is 13.1 Å². The normalized spacial score (nSPS) is 9.69. The van der Waals surface area contributed by atoms with Crippen LogP contribution in [0.2, 0.25) is 0 Å². The van der Waals surface area contributed by atoms with Gasteiger partial charge in [-0.05, 0) is 6.07 Å². The Morgan fingerprint density at radius 1 is 0.938 bits per heavy atom. The van der Waals surface area contributed by atoms with Crippen LogP contribution in [0.25, 0.3) is 0 Å². The monoisotopic (exact) mass is 247 g/mol.